The number of aliphatic hydroxyl groups is 1. The number of hydrogen-bond acceptors (Lipinski definition) is 4. The summed E-state index contributed by atoms with van der Waals surface area (Å²) >= 11 is 0. The van der Waals surface area contributed by atoms with Gasteiger partial charge in [0.05, 0.1) is 29.4 Å². The van der Waals surface area contributed by atoms with Gasteiger partial charge in [-0.15, -0.1) is 0 Å². The minimum atomic E-state index is -0.790. The predicted octanol–water partition coefficient (Wildman–Crippen LogP) is 1.40. The lowest BCUT2D eigenvalue weighted by Gasteiger charge is -2.41. The largest absolute Gasteiger partial charge is 0.387 e. The summed E-state index contributed by atoms with van der Waals surface area (Å²) in [6.45, 7) is 3.90. The van der Waals surface area contributed by atoms with E-state index in [9.17, 15) is 9.90 Å². The number of β-amino-alcohol motifs (C(OH)–C–C–N with tert-alkyl or cyclic N) is 1. The first-order chi connectivity index (χ1) is 11.6. The molecule has 1 amide bonds. The Balaban J connectivity index is 1.51. The molecular formula is C18H24N4O2. The summed E-state index contributed by atoms with van der Waals surface area (Å²) in [4.78, 5) is 17.1. The first kappa shape index (κ1) is 15.6. The SMILES string of the molecule is O=C(c1cnn2ccccc12)N1CCC[C@@](O)(CN2CCCC2)C1. The first-order valence-corrected chi connectivity index (χ1v) is 8.81. The van der Waals surface area contributed by atoms with Crippen molar-refractivity contribution < 1.29 is 9.90 Å². The van der Waals surface area contributed by atoms with E-state index in [4.69, 9.17) is 0 Å². The number of carbonyl (C=O) groups is 1. The molecule has 1 N–H and O–H groups in total. The average molecular weight is 328 g/mol. The monoisotopic (exact) mass is 328 g/mol. The lowest BCUT2D eigenvalue weighted by Crippen LogP contribution is -2.55. The zero-order valence-electron chi connectivity index (χ0n) is 13.9. The van der Waals surface area contributed by atoms with Gasteiger partial charge in [0, 0.05) is 19.3 Å². The van der Waals surface area contributed by atoms with Gasteiger partial charge in [-0.25, -0.2) is 4.52 Å². The molecule has 6 nitrogen and oxygen atoms in total. The van der Waals surface area contributed by atoms with Crippen LogP contribution < -0.4 is 0 Å². The number of rotatable bonds is 3. The third-order valence-electron chi connectivity index (χ3n) is 5.22. The smallest absolute Gasteiger partial charge is 0.257 e. The molecule has 6 heteroatoms. The van der Waals surface area contributed by atoms with Crippen LogP contribution in [0.5, 0.6) is 0 Å². The molecule has 0 aliphatic carbocycles. The Kier molecular flexibility index (Phi) is 4.02. The van der Waals surface area contributed by atoms with E-state index in [1.54, 1.807) is 15.6 Å². The second kappa shape index (κ2) is 6.18. The Morgan fingerprint density at radius 1 is 1.21 bits per heavy atom. The summed E-state index contributed by atoms with van der Waals surface area (Å²) in [5.41, 5.74) is 0.637. The lowest BCUT2D eigenvalue weighted by atomic mass is 9.92. The molecule has 2 aromatic heterocycles. The van der Waals surface area contributed by atoms with E-state index in [1.165, 1.54) is 12.8 Å². The van der Waals surface area contributed by atoms with E-state index < -0.39 is 5.60 Å². The van der Waals surface area contributed by atoms with Crippen LogP contribution in [0.15, 0.2) is 30.6 Å². The van der Waals surface area contributed by atoms with Crippen molar-refractivity contribution in [2.24, 2.45) is 0 Å². The molecule has 2 aliphatic rings. The average Bonchev–Trinajstić information content (AvgIpc) is 3.23. The van der Waals surface area contributed by atoms with Crippen LogP contribution in [0.1, 0.15) is 36.0 Å². The third-order valence-corrected chi connectivity index (χ3v) is 5.22. The van der Waals surface area contributed by atoms with Crippen molar-refractivity contribution in [2.75, 3.05) is 32.7 Å². The van der Waals surface area contributed by atoms with Gasteiger partial charge in [-0.1, -0.05) is 6.07 Å². The van der Waals surface area contributed by atoms with E-state index >= 15 is 0 Å². The van der Waals surface area contributed by atoms with E-state index in [0.29, 0.717) is 25.2 Å². The molecule has 24 heavy (non-hydrogen) atoms. The summed E-state index contributed by atoms with van der Waals surface area (Å²) in [5.74, 6) is -0.0317. The van der Waals surface area contributed by atoms with Crippen molar-refractivity contribution in [3.63, 3.8) is 0 Å². The zero-order chi connectivity index (χ0) is 16.6. The third kappa shape index (κ3) is 2.91. The van der Waals surface area contributed by atoms with Crippen LogP contribution >= 0.6 is 0 Å². The van der Waals surface area contributed by atoms with Crippen molar-refractivity contribution in [1.29, 1.82) is 0 Å². The quantitative estimate of drug-likeness (QED) is 0.925. The number of amides is 1. The Morgan fingerprint density at radius 3 is 2.88 bits per heavy atom. The summed E-state index contributed by atoms with van der Waals surface area (Å²) in [6, 6.07) is 5.71. The highest BCUT2D eigenvalue weighted by Crippen LogP contribution is 2.26. The van der Waals surface area contributed by atoms with Crippen molar-refractivity contribution in [3.05, 3.63) is 36.2 Å². The summed E-state index contributed by atoms with van der Waals surface area (Å²) in [5, 5.41) is 15.3. The summed E-state index contributed by atoms with van der Waals surface area (Å²) in [7, 11) is 0. The van der Waals surface area contributed by atoms with Crippen LogP contribution in [-0.4, -0.2) is 68.8 Å². The van der Waals surface area contributed by atoms with Gasteiger partial charge < -0.3 is 14.9 Å². The highest BCUT2D eigenvalue weighted by Gasteiger charge is 2.37. The van der Waals surface area contributed by atoms with Gasteiger partial charge in [-0.3, -0.25) is 4.79 Å². The number of carbonyl (C=O) groups excluding carboxylic acids is 1. The van der Waals surface area contributed by atoms with Crippen molar-refractivity contribution in [2.45, 2.75) is 31.3 Å². The molecule has 4 rings (SSSR count). The molecule has 0 unspecified atom stereocenters. The maximum atomic E-state index is 12.9. The molecule has 4 heterocycles. The van der Waals surface area contributed by atoms with Crippen LogP contribution in [0, 0.1) is 0 Å². The fourth-order valence-corrected chi connectivity index (χ4v) is 4.04. The van der Waals surface area contributed by atoms with Gasteiger partial charge in [0.25, 0.3) is 5.91 Å². The van der Waals surface area contributed by atoms with Gasteiger partial charge in [0.1, 0.15) is 0 Å². The number of hydrogen-bond donors (Lipinski definition) is 1. The van der Waals surface area contributed by atoms with E-state index in [1.807, 2.05) is 24.4 Å². The Bertz CT molecular complexity index is 737. The van der Waals surface area contributed by atoms with Crippen molar-refractivity contribution >= 4 is 11.4 Å². The van der Waals surface area contributed by atoms with Crippen LogP contribution in [0.2, 0.25) is 0 Å². The number of likely N-dealkylation sites (tertiary alicyclic amines) is 2. The normalized spacial score (nSPS) is 25.5. The second-order valence-corrected chi connectivity index (χ2v) is 7.13. The number of piperidine rings is 1. The molecule has 128 valence electrons. The molecule has 2 saturated heterocycles. The summed E-state index contributed by atoms with van der Waals surface area (Å²) < 4.78 is 1.72. The molecule has 0 aromatic carbocycles. The van der Waals surface area contributed by atoms with Crippen LogP contribution in [0.3, 0.4) is 0 Å². The molecule has 0 spiro atoms. The molecular weight excluding hydrogens is 304 g/mol. The van der Waals surface area contributed by atoms with Crippen molar-refractivity contribution in [1.82, 2.24) is 19.4 Å². The molecule has 0 radical (unpaired) electrons. The minimum absolute atomic E-state index is 0.0317. The van der Waals surface area contributed by atoms with E-state index in [-0.39, 0.29) is 5.91 Å². The number of nitrogens with zero attached hydrogens (tertiary/aromatic N) is 4. The zero-order valence-corrected chi connectivity index (χ0v) is 13.9. The number of pyridine rings is 1. The fraction of sp³-hybridized carbons (Fsp3) is 0.556. The maximum Gasteiger partial charge on any atom is 0.257 e. The topological polar surface area (TPSA) is 61.1 Å². The van der Waals surface area contributed by atoms with Crippen LogP contribution in [0.4, 0.5) is 0 Å². The Labute approximate surface area is 141 Å². The highest BCUT2D eigenvalue weighted by molar-refractivity contribution is 6.00. The number of aromatic nitrogens is 2. The lowest BCUT2D eigenvalue weighted by molar-refractivity contribution is -0.0430. The second-order valence-electron chi connectivity index (χ2n) is 7.13. The highest BCUT2D eigenvalue weighted by atomic mass is 16.3. The molecule has 0 bridgehead atoms. The molecule has 2 fully saturated rings. The van der Waals surface area contributed by atoms with Crippen molar-refractivity contribution in [3.8, 4) is 0 Å². The minimum Gasteiger partial charge on any atom is -0.387 e. The van der Waals surface area contributed by atoms with E-state index in [2.05, 4.69) is 10.00 Å². The Morgan fingerprint density at radius 2 is 2.04 bits per heavy atom. The fourth-order valence-electron chi connectivity index (χ4n) is 4.04. The van der Waals surface area contributed by atoms with Gasteiger partial charge in [0.15, 0.2) is 0 Å². The first-order valence-electron chi connectivity index (χ1n) is 8.81. The van der Waals surface area contributed by atoms with Gasteiger partial charge in [-0.05, 0) is 50.9 Å². The molecule has 2 aliphatic heterocycles. The van der Waals surface area contributed by atoms with E-state index in [0.717, 1.165) is 31.4 Å². The standard InChI is InChI=1S/C18H24N4O2/c23-17(15-12-19-22-11-2-1-6-16(15)22)21-10-5-7-18(24,14-21)13-20-8-3-4-9-20/h1-2,6,11-12,24H,3-5,7-10,13-14H2/t18-/m1/s1. The molecule has 1 atom stereocenters. The van der Waals surface area contributed by atoms with Crippen LogP contribution in [0.25, 0.3) is 5.52 Å². The van der Waals surface area contributed by atoms with Gasteiger partial charge in [-0.2, -0.15) is 5.10 Å². The number of fused-ring (bicyclic) bond motifs is 1. The Hall–Kier alpha value is -1.92. The van der Waals surface area contributed by atoms with Crippen LogP contribution in [-0.2, 0) is 0 Å². The maximum absolute atomic E-state index is 12.9. The predicted molar refractivity (Wildman–Crippen MR) is 91.0 cm³/mol. The van der Waals surface area contributed by atoms with Gasteiger partial charge >= 0.3 is 0 Å². The molecule has 0 saturated carbocycles. The van der Waals surface area contributed by atoms with Gasteiger partial charge in [0.2, 0.25) is 0 Å². The molecule has 2 aromatic rings. The summed E-state index contributed by atoms with van der Waals surface area (Å²) in [6.07, 6.45) is 7.50.